The summed E-state index contributed by atoms with van der Waals surface area (Å²) in [4.78, 5) is 26.8. The highest BCUT2D eigenvalue weighted by Gasteiger charge is 2.34. The van der Waals surface area contributed by atoms with Crippen molar-refractivity contribution in [3.63, 3.8) is 0 Å². The zero-order valence-corrected chi connectivity index (χ0v) is 18.0. The van der Waals surface area contributed by atoms with E-state index >= 15 is 0 Å². The highest BCUT2D eigenvalue weighted by atomic mass is 35.5. The first-order valence-electron chi connectivity index (χ1n) is 9.42. The van der Waals surface area contributed by atoms with Crippen LogP contribution in [0.25, 0.3) is 6.08 Å². The van der Waals surface area contributed by atoms with Crippen LogP contribution in [0.1, 0.15) is 11.1 Å². The minimum Gasteiger partial charge on any atom is -0.457 e. The van der Waals surface area contributed by atoms with Gasteiger partial charge >= 0.3 is 0 Å². The molecule has 5 nitrogen and oxygen atoms in total. The number of benzene rings is 3. The largest absolute Gasteiger partial charge is 0.457 e. The van der Waals surface area contributed by atoms with Crippen molar-refractivity contribution in [1.82, 2.24) is 5.32 Å². The number of anilines is 1. The van der Waals surface area contributed by atoms with Gasteiger partial charge in [-0.15, -0.1) is 0 Å². The molecule has 0 unspecified atom stereocenters. The van der Waals surface area contributed by atoms with Gasteiger partial charge in [-0.2, -0.15) is 0 Å². The summed E-state index contributed by atoms with van der Waals surface area (Å²) in [6.07, 6.45) is 1.52. The minimum absolute atomic E-state index is 0.0194. The number of aryl methyl sites for hydroxylation is 1. The van der Waals surface area contributed by atoms with Crippen molar-refractivity contribution in [2.45, 2.75) is 6.92 Å². The van der Waals surface area contributed by atoms with E-state index in [1.54, 1.807) is 48.5 Å². The third kappa shape index (κ3) is 4.66. The summed E-state index contributed by atoms with van der Waals surface area (Å²) < 4.78 is 5.88. The molecule has 154 valence electrons. The highest BCUT2D eigenvalue weighted by Crippen LogP contribution is 2.26. The summed E-state index contributed by atoms with van der Waals surface area (Å²) in [5, 5.41) is 3.12. The number of carbonyl (C=O) groups is 2. The maximum atomic E-state index is 13.1. The molecule has 0 radical (unpaired) electrons. The first kappa shape index (κ1) is 20.8. The van der Waals surface area contributed by atoms with E-state index in [-0.39, 0.29) is 10.7 Å². The minimum atomic E-state index is -0.551. The Bertz CT molecular complexity index is 1200. The van der Waals surface area contributed by atoms with Gasteiger partial charge in [0.1, 0.15) is 17.1 Å². The summed E-state index contributed by atoms with van der Waals surface area (Å²) in [6.45, 7) is 2.00. The molecule has 0 spiro atoms. The van der Waals surface area contributed by atoms with E-state index in [1.165, 1.54) is 11.0 Å². The van der Waals surface area contributed by atoms with Gasteiger partial charge in [0.2, 0.25) is 0 Å². The van der Waals surface area contributed by atoms with Gasteiger partial charge in [0.15, 0.2) is 5.11 Å². The molecule has 1 fully saturated rings. The molecule has 1 saturated heterocycles. The number of hydrogen-bond donors (Lipinski definition) is 1. The Morgan fingerprint density at radius 2 is 1.68 bits per heavy atom. The SMILES string of the molecule is Cc1ccc(Oc2cccc(/C=C3/C(=O)NC(=S)N(c4ccc(Cl)cc4)C3=O)c2)cc1. The molecule has 31 heavy (non-hydrogen) atoms. The number of nitrogens with one attached hydrogen (secondary N) is 1. The third-order valence-corrected chi connectivity index (χ3v) is 5.15. The molecule has 0 aromatic heterocycles. The summed E-state index contributed by atoms with van der Waals surface area (Å²) in [7, 11) is 0. The molecule has 4 rings (SSSR count). The van der Waals surface area contributed by atoms with E-state index in [9.17, 15) is 9.59 Å². The molecule has 0 saturated carbocycles. The second-order valence-electron chi connectivity index (χ2n) is 6.92. The van der Waals surface area contributed by atoms with Crippen LogP contribution in [0.3, 0.4) is 0 Å². The number of ether oxygens (including phenoxy) is 1. The van der Waals surface area contributed by atoms with Crippen molar-refractivity contribution in [3.8, 4) is 11.5 Å². The fourth-order valence-corrected chi connectivity index (χ4v) is 3.47. The molecule has 2 amide bonds. The number of rotatable bonds is 4. The number of hydrogen-bond acceptors (Lipinski definition) is 4. The summed E-state index contributed by atoms with van der Waals surface area (Å²) in [5.41, 5.74) is 2.26. The molecular formula is C24H17ClN2O3S. The maximum absolute atomic E-state index is 13.1. The standard InChI is InChI=1S/C24H17ClN2O3S/c1-15-5-11-19(12-6-15)30-20-4-2-3-16(13-20)14-21-22(28)26-24(31)27(23(21)29)18-9-7-17(25)8-10-18/h2-14H,1H3,(H,26,28,31)/b21-14-. The van der Waals surface area contributed by atoms with Gasteiger partial charge in [-0.25, -0.2) is 0 Å². The molecule has 0 aliphatic carbocycles. The lowest BCUT2D eigenvalue weighted by molar-refractivity contribution is -0.122. The topological polar surface area (TPSA) is 58.6 Å². The van der Waals surface area contributed by atoms with Gasteiger partial charge < -0.3 is 4.74 Å². The number of amides is 2. The van der Waals surface area contributed by atoms with E-state index in [1.807, 2.05) is 31.2 Å². The molecule has 1 aliphatic rings. The normalized spacial score (nSPS) is 15.2. The van der Waals surface area contributed by atoms with Crippen molar-refractivity contribution in [3.05, 3.63) is 94.5 Å². The smallest absolute Gasteiger partial charge is 0.270 e. The van der Waals surface area contributed by atoms with Crippen molar-refractivity contribution in [2.75, 3.05) is 4.90 Å². The molecule has 0 atom stereocenters. The van der Waals surface area contributed by atoms with Crippen LogP contribution in [-0.2, 0) is 9.59 Å². The Kier molecular flexibility index (Phi) is 5.84. The van der Waals surface area contributed by atoms with Crippen molar-refractivity contribution < 1.29 is 14.3 Å². The van der Waals surface area contributed by atoms with E-state index in [0.29, 0.717) is 27.8 Å². The number of carbonyl (C=O) groups excluding carboxylic acids is 2. The van der Waals surface area contributed by atoms with E-state index in [4.69, 9.17) is 28.6 Å². The average molecular weight is 449 g/mol. The summed E-state index contributed by atoms with van der Waals surface area (Å²) in [6, 6.07) is 21.4. The van der Waals surface area contributed by atoms with Crippen LogP contribution in [0.4, 0.5) is 5.69 Å². The second-order valence-corrected chi connectivity index (χ2v) is 7.75. The predicted molar refractivity (Wildman–Crippen MR) is 125 cm³/mol. The molecule has 3 aromatic rings. The molecule has 1 heterocycles. The molecular weight excluding hydrogens is 432 g/mol. The molecule has 3 aromatic carbocycles. The van der Waals surface area contributed by atoms with Gasteiger partial charge in [0.25, 0.3) is 11.8 Å². The van der Waals surface area contributed by atoms with Crippen LogP contribution in [-0.4, -0.2) is 16.9 Å². The van der Waals surface area contributed by atoms with Gasteiger partial charge in [-0.1, -0.05) is 41.4 Å². The fraction of sp³-hybridized carbons (Fsp3) is 0.0417. The zero-order chi connectivity index (χ0) is 22.0. The second kappa shape index (κ2) is 8.71. The molecule has 0 bridgehead atoms. The Balaban J connectivity index is 1.63. The lowest BCUT2D eigenvalue weighted by atomic mass is 10.1. The number of halogens is 1. The lowest BCUT2D eigenvalue weighted by Crippen LogP contribution is -2.54. The molecule has 7 heteroatoms. The number of thiocarbonyl (C=S) groups is 1. The first-order chi connectivity index (χ1) is 14.9. The predicted octanol–water partition coefficient (Wildman–Crippen LogP) is 5.27. The quantitative estimate of drug-likeness (QED) is 0.335. The average Bonchev–Trinajstić information content (AvgIpc) is 2.74. The highest BCUT2D eigenvalue weighted by molar-refractivity contribution is 7.80. The van der Waals surface area contributed by atoms with Crippen LogP contribution < -0.4 is 15.0 Å². The van der Waals surface area contributed by atoms with Crippen LogP contribution >= 0.6 is 23.8 Å². The molecule has 1 N–H and O–H groups in total. The Labute approximate surface area is 189 Å². The Morgan fingerprint density at radius 3 is 2.39 bits per heavy atom. The molecule has 1 aliphatic heterocycles. The van der Waals surface area contributed by atoms with Crippen molar-refractivity contribution in [2.24, 2.45) is 0 Å². The number of nitrogens with zero attached hydrogens (tertiary/aromatic N) is 1. The van der Waals surface area contributed by atoms with Gasteiger partial charge in [-0.3, -0.25) is 19.8 Å². The fourth-order valence-electron chi connectivity index (χ4n) is 3.06. The van der Waals surface area contributed by atoms with Crippen molar-refractivity contribution >= 4 is 52.5 Å². The Morgan fingerprint density at radius 1 is 0.968 bits per heavy atom. The van der Waals surface area contributed by atoms with Gasteiger partial charge in [-0.05, 0) is 79.3 Å². The third-order valence-electron chi connectivity index (χ3n) is 4.61. The first-order valence-corrected chi connectivity index (χ1v) is 10.2. The van der Waals surface area contributed by atoms with Crippen molar-refractivity contribution in [1.29, 1.82) is 0 Å². The van der Waals surface area contributed by atoms with E-state index in [2.05, 4.69) is 5.32 Å². The lowest BCUT2D eigenvalue weighted by Gasteiger charge is -2.29. The monoisotopic (exact) mass is 448 g/mol. The van der Waals surface area contributed by atoms with Crippen LogP contribution in [0, 0.1) is 6.92 Å². The van der Waals surface area contributed by atoms with Crippen LogP contribution in [0.5, 0.6) is 11.5 Å². The van der Waals surface area contributed by atoms with Crippen LogP contribution in [0.2, 0.25) is 5.02 Å². The summed E-state index contributed by atoms with van der Waals surface area (Å²) in [5.74, 6) is 0.221. The van der Waals surface area contributed by atoms with Gasteiger partial charge in [0.05, 0.1) is 5.69 Å². The van der Waals surface area contributed by atoms with E-state index < -0.39 is 11.8 Å². The maximum Gasteiger partial charge on any atom is 0.270 e. The van der Waals surface area contributed by atoms with Gasteiger partial charge in [0, 0.05) is 5.02 Å². The zero-order valence-electron chi connectivity index (χ0n) is 16.5. The summed E-state index contributed by atoms with van der Waals surface area (Å²) >= 11 is 11.1. The van der Waals surface area contributed by atoms with Crippen LogP contribution in [0.15, 0.2) is 78.4 Å². The van der Waals surface area contributed by atoms with E-state index in [0.717, 1.165) is 5.56 Å². The Hall–Kier alpha value is -3.48.